The molecule has 1 aliphatic rings. The second-order valence-electron chi connectivity index (χ2n) is 11.7. The second kappa shape index (κ2) is 14.9. The number of anilines is 2. The van der Waals surface area contributed by atoms with E-state index in [1.165, 1.54) is 27.3 Å². The van der Waals surface area contributed by atoms with Gasteiger partial charge in [-0.25, -0.2) is 9.78 Å². The molecule has 0 saturated carbocycles. The maximum absolute atomic E-state index is 14.3. The van der Waals surface area contributed by atoms with Crippen LogP contribution < -0.4 is 16.8 Å². The number of fused-ring (bicyclic) bond motifs is 1. The lowest BCUT2D eigenvalue weighted by atomic mass is 10.0. The zero-order valence-corrected chi connectivity index (χ0v) is 29.1. The molecule has 4 amide bonds. The minimum Gasteiger partial charge on any atom is -0.506 e. The molecule has 0 unspecified atom stereocenters. The molecule has 1 saturated heterocycles. The first-order chi connectivity index (χ1) is 22.9. The Balaban J connectivity index is 1.40. The molecule has 0 radical (unpaired) electrons. The summed E-state index contributed by atoms with van der Waals surface area (Å²) in [7, 11) is 1.68. The van der Waals surface area contributed by atoms with E-state index in [4.69, 9.17) is 34.7 Å². The third-order valence-electron chi connectivity index (χ3n) is 8.27. The number of aromatic hydroxyl groups is 1. The molecule has 2 heterocycles. The minimum absolute atomic E-state index is 0.0757. The number of benzene rings is 3. The van der Waals surface area contributed by atoms with Gasteiger partial charge in [0.2, 0.25) is 11.8 Å². The molecular formula is C33H38Cl2N8O4S. The number of thiazole rings is 1. The summed E-state index contributed by atoms with van der Waals surface area (Å²) in [5, 5.41) is 17.4. The number of aromatic nitrogens is 1. The van der Waals surface area contributed by atoms with Gasteiger partial charge in [0, 0.05) is 33.1 Å². The van der Waals surface area contributed by atoms with Gasteiger partial charge in [-0.15, -0.1) is 0 Å². The number of nitrogens with zero attached hydrogens (tertiary/aromatic N) is 5. The van der Waals surface area contributed by atoms with Crippen molar-refractivity contribution in [3.63, 3.8) is 0 Å². The van der Waals surface area contributed by atoms with Crippen molar-refractivity contribution in [2.75, 3.05) is 31.6 Å². The van der Waals surface area contributed by atoms with E-state index in [0.29, 0.717) is 33.7 Å². The fourth-order valence-corrected chi connectivity index (χ4v) is 7.00. The molecule has 0 spiro atoms. The van der Waals surface area contributed by atoms with Crippen molar-refractivity contribution in [3.8, 4) is 5.75 Å². The Kier molecular flexibility index (Phi) is 10.8. The van der Waals surface area contributed by atoms with Gasteiger partial charge < -0.3 is 31.7 Å². The topological polar surface area (TPSA) is 161 Å². The Bertz CT molecular complexity index is 1840. The van der Waals surface area contributed by atoms with Gasteiger partial charge in [0.05, 0.1) is 32.5 Å². The number of para-hydroxylation sites is 1. The predicted octanol–water partition coefficient (Wildman–Crippen LogP) is 5.07. The van der Waals surface area contributed by atoms with E-state index in [2.05, 4.69) is 10.3 Å². The minimum atomic E-state index is -0.950. The maximum Gasteiger partial charge on any atom is 0.332 e. The molecule has 1 aromatic heterocycles. The quantitative estimate of drug-likeness (QED) is 0.124. The van der Waals surface area contributed by atoms with E-state index >= 15 is 0 Å². The number of phenols is 1. The van der Waals surface area contributed by atoms with Crippen molar-refractivity contribution in [1.82, 2.24) is 30.1 Å². The number of nitrogens with one attached hydrogen (secondary N) is 1. The van der Waals surface area contributed by atoms with E-state index in [0.717, 1.165) is 21.3 Å². The zero-order valence-electron chi connectivity index (χ0n) is 26.8. The summed E-state index contributed by atoms with van der Waals surface area (Å²) < 4.78 is 0.911. The molecular weight excluding hydrogens is 675 g/mol. The van der Waals surface area contributed by atoms with Crippen molar-refractivity contribution in [2.24, 2.45) is 0 Å². The molecule has 254 valence electrons. The van der Waals surface area contributed by atoms with Crippen LogP contribution in [-0.2, 0) is 29.1 Å². The Morgan fingerprint density at radius 1 is 1.12 bits per heavy atom. The average molecular weight is 714 g/mol. The lowest BCUT2D eigenvalue weighted by molar-refractivity contribution is -0.145. The van der Waals surface area contributed by atoms with Crippen molar-refractivity contribution in [3.05, 3.63) is 81.3 Å². The van der Waals surface area contributed by atoms with Crippen LogP contribution in [0.15, 0.2) is 54.6 Å². The molecule has 12 nitrogen and oxygen atoms in total. The molecule has 4 aromatic rings. The van der Waals surface area contributed by atoms with Crippen molar-refractivity contribution >= 4 is 73.4 Å². The first kappa shape index (κ1) is 35.0. The van der Waals surface area contributed by atoms with Crippen molar-refractivity contribution in [1.29, 1.82) is 0 Å². The molecule has 1 aliphatic heterocycles. The third-order valence-corrected chi connectivity index (χ3v) is 9.86. The van der Waals surface area contributed by atoms with Crippen LogP contribution in [0.5, 0.6) is 5.75 Å². The van der Waals surface area contributed by atoms with Gasteiger partial charge >= 0.3 is 6.03 Å². The highest BCUT2D eigenvalue weighted by molar-refractivity contribution is 7.22. The number of urea groups is 1. The van der Waals surface area contributed by atoms with E-state index in [1.807, 2.05) is 25.1 Å². The van der Waals surface area contributed by atoms with E-state index in [-0.39, 0.29) is 49.3 Å². The normalized spacial score (nSPS) is 15.6. The zero-order chi connectivity index (χ0) is 34.7. The Hall–Kier alpha value is -4.30. The summed E-state index contributed by atoms with van der Waals surface area (Å²) in [5.74, 6) is -0.697. The fourth-order valence-electron chi connectivity index (χ4n) is 5.90. The van der Waals surface area contributed by atoms with Crippen LogP contribution in [0.2, 0.25) is 10.0 Å². The predicted molar refractivity (Wildman–Crippen MR) is 189 cm³/mol. The Labute approximate surface area is 292 Å². The van der Waals surface area contributed by atoms with Crippen molar-refractivity contribution < 1.29 is 19.5 Å². The number of phenolic OH excluding ortho intramolecular Hbond substituents is 1. The molecule has 5 rings (SSSR count). The fraction of sp³-hybridized carbons (Fsp3) is 0.333. The van der Waals surface area contributed by atoms with Crippen LogP contribution in [0.25, 0.3) is 10.2 Å². The SMILES string of the molecule is CCCN(C(=O)NCc1ccc(Cl)c(Cl)c1)N1CC(=O)N([C@@H](Cc2ccc(O)c(N)c2)C(=O)N(C)Cc2cccc3sc(N)nc23)[C@@H]1C. The van der Waals surface area contributed by atoms with Crippen LogP contribution in [-0.4, -0.2) is 80.1 Å². The molecule has 3 aromatic carbocycles. The number of hydrazine groups is 1. The second-order valence-corrected chi connectivity index (χ2v) is 13.6. The lowest BCUT2D eigenvalue weighted by Gasteiger charge is -2.38. The number of carbonyl (C=O) groups is 3. The monoisotopic (exact) mass is 712 g/mol. The van der Waals surface area contributed by atoms with Crippen molar-refractivity contribution in [2.45, 2.75) is 52.0 Å². The van der Waals surface area contributed by atoms with Gasteiger partial charge in [-0.3, -0.25) is 14.6 Å². The number of nitrogen functional groups attached to an aromatic ring is 2. The first-order valence-electron chi connectivity index (χ1n) is 15.4. The highest BCUT2D eigenvalue weighted by Crippen LogP contribution is 2.30. The molecule has 0 aliphatic carbocycles. The molecule has 1 fully saturated rings. The van der Waals surface area contributed by atoms with Gasteiger partial charge in [-0.1, -0.05) is 65.7 Å². The summed E-state index contributed by atoms with van der Waals surface area (Å²) in [6, 6.07) is 14.2. The summed E-state index contributed by atoms with van der Waals surface area (Å²) >= 11 is 13.6. The number of rotatable bonds is 11. The molecule has 48 heavy (non-hydrogen) atoms. The van der Waals surface area contributed by atoms with Gasteiger partial charge in [0.25, 0.3) is 0 Å². The summed E-state index contributed by atoms with van der Waals surface area (Å²) in [6.07, 6.45) is 0.101. The largest absolute Gasteiger partial charge is 0.506 e. The van der Waals surface area contributed by atoms with Gasteiger partial charge in [-0.05, 0) is 60.4 Å². The Morgan fingerprint density at radius 2 is 1.88 bits per heavy atom. The third kappa shape index (κ3) is 7.54. The first-order valence-corrected chi connectivity index (χ1v) is 17.0. The number of carbonyl (C=O) groups excluding carboxylic acids is 3. The van der Waals surface area contributed by atoms with E-state index in [9.17, 15) is 19.5 Å². The van der Waals surface area contributed by atoms with Crippen LogP contribution in [0.3, 0.4) is 0 Å². The number of nitrogens with two attached hydrogens (primary N) is 2. The van der Waals surface area contributed by atoms with Crippen LogP contribution >= 0.6 is 34.5 Å². The number of hydrogen-bond acceptors (Lipinski definition) is 9. The summed E-state index contributed by atoms with van der Waals surface area (Å²) in [5.41, 5.74) is 15.1. The van der Waals surface area contributed by atoms with Crippen LogP contribution in [0, 0.1) is 0 Å². The summed E-state index contributed by atoms with van der Waals surface area (Å²) in [6.45, 7) is 4.39. The highest BCUT2D eigenvalue weighted by atomic mass is 35.5. The van der Waals surface area contributed by atoms with E-state index < -0.39 is 18.2 Å². The standard InChI is InChI=1S/C33H38Cl2N8O4S/c1-4-12-41(33(47)38-16-21-8-10-23(34)24(35)13-21)42-18-29(45)43(19(42)2)26(15-20-9-11-27(44)25(36)14-20)31(46)40(3)17-22-6-5-7-28-30(22)39-32(37)48-28/h5-11,13-14,19,26,44H,4,12,15-18,36H2,1-3H3,(H2,37,39)(H,38,47)/t19-,26+/m1/s1. The van der Waals surface area contributed by atoms with Gasteiger partial charge in [0.1, 0.15) is 18.0 Å². The molecule has 0 bridgehead atoms. The number of amides is 4. The highest BCUT2D eigenvalue weighted by Gasteiger charge is 2.45. The Morgan fingerprint density at radius 3 is 2.58 bits per heavy atom. The number of hydrogen-bond donors (Lipinski definition) is 4. The molecule has 15 heteroatoms. The number of likely N-dealkylation sites (N-methyl/N-ethyl adjacent to an activating group) is 1. The van der Waals surface area contributed by atoms with Gasteiger partial charge in [-0.2, -0.15) is 5.01 Å². The van der Waals surface area contributed by atoms with Crippen LogP contribution in [0.1, 0.15) is 37.0 Å². The van der Waals surface area contributed by atoms with Gasteiger partial charge in [0.15, 0.2) is 5.13 Å². The van der Waals surface area contributed by atoms with Crippen LogP contribution in [0.4, 0.5) is 15.6 Å². The summed E-state index contributed by atoms with van der Waals surface area (Å²) in [4.78, 5) is 49.3. The maximum atomic E-state index is 14.3. The van der Waals surface area contributed by atoms with E-state index in [1.54, 1.807) is 54.2 Å². The average Bonchev–Trinajstić information content (AvgIpc) is 3.58. The smallest absolute Gasteiger partial charge is 0.332 e. The lowest BCUT2D eigenvalue weighted by Crippen LogP contribution is -2.57. The molecule has 6 N–H and O–H groups in total. The molecule has 2 atom stereocenters. The number of halogens is 2.